The second kappa shape index (κ2) is 2.29. The molecule has 1 rings (SSSR count). The summed E-state index contributed by atoms with van der Waals surface area (Å²) >= 11 is 0. The molecule has 0 amide bonds. The van der Waals surface area contributed by atoms with Gasteiger partial charge in [0.2, 0.25) is 7.98 Å². The minimum Gasteiger partial charge on any atom is -0.392 e. The van der Waals surface area contributed by atoms with E-state index in [0.717, 1.165) is 0 Å². The standard InChI is InChI=1S/C6H7BN2O/c1-4-3-9(7)5(2)8-6(4)10/h3H,1-2H3. The molecule has 3 nitrogen and oxygen atoms in total. The Morgan fingerprint density at radius 3 is 2.70 bits per heavy atom. The third-order valence-electron chi connectivity index (χ3n) is 1.31. The first-order valence-electron chi connectivity index (χ1n) is 2.93. The Balaban J connectivity index is 3.43. The lowest BCUT2D eigenvalue weighted by atomic mass is 10.3. The van der Waals surface area contributed by atoms with Crippen molar-refractivity contribution in [3.05, 3.63) is 27.9 Å². The largest absolute Gasteiger partial charge is 0.392 e. The number of aryl methyl sites for hydroxylation is 2. The smallest absolute Gasteiger partial charge is 0.275 e. The molecule has 50 valence electrons. The van der Waals surface area contributed by atoms with Crippen molar-refractivity contribution in [2.24, 2.45) is 0 Å². The van der Waals surface area contributed by atoms with Gasteiger partial charge in [0, 0.05) is 5.56 Å². The molecule has 1 heterocycles. The average molecular weight is 134 g/mol. The lowest BCUT2D eigenvalue weighted by Crippen LogP contribution is -2.16. The lowest BCUT2D eigenvalue weighted by molar-refractivity contribution is 0.943. The first-order chi connectivity index (χ1) is 4.61. The predicted octanol–water partition coefficient (Wildman–Crippen LogP) is -0.208. The van der Waals surface area contributed by atoms with Crippen LogP contribution in [-0.4, -0.2) is 17.4 Å². The first-order valence-corrected chi connectivity index (χ1v) is 2.93. The Bertz CT molecular complexity index is 305. The van der Waals surface area contributed by atoms with E-state index in [1.165, 1.54) is 4.48 Å². The van der Waals surface area contributed by atoms with Gasteiger partial charge >= 0.3 is 0 Å². The Morgan fingerprint density at radius 1 is 1.60 bits per heavy atom. The number of rotatable bonds is 0. The van der Waals surface area contributed by atoms with Crippen molar-refractivity contribution in [2.45, 2.75) is 13.8 Å². The summed E-state index contributed by atoms with van der Waals surface area (Å²) in [6, 6.07) is 0. The summed E-state index contributed by atoms with van der Waals surface area (Å²) in [4.78, 5) is 14.5. The molecule has 0 saturated heterocycles. The molecule has 0 aliphatic rings. The van der Waals surface area contributed by atoms with Gasteiger partial charge in [-0.3, -0.25) is 4.79 Å². The monoisotopic (exact) mass is 134 g/mol. The molecular weight excluding hydrogens is 127 g/mol. The topological polar surface area (TPSA) is 34.9 Å². The molecule has 0 aromatic carbocycles. The molecule has 0 spiro atoms. The van der Waals surface area contributed by atoms with Gasteiger partial charge in [-0.25, -0.2) is 0 Å². The molecule has 0 unspecified atom stereocenters. The van der Waals surface area contributed by atoms with Crippen molar-refractivity contribution in [2.75, 3.05) is 0 Å². The summed E-state index contributed by atoms with van der Waals surface area (Å²) in [7, 11) is 5.40. The van der Waals surface area contributed by atoms with Crippen molar-refractivity contribution in [1.29, 1.82) is 0 Å². The molecule has 0 atom stereocenters. The zero-order valence-corrected chi connectivity index (χ0v) is 5.96. The van der Waals surface area contributed by atoms with E-state index in [0.29, 0.717) is 11.4 Å². The highest BCUT2D eigenvalue weighted by Gasteiger charge is 1.95. The van der Waals surface area contributed by atoms with Crippen LogP contribution in [0.4, 0.5) is 0 Å². The molecule has 2 radical (unpaired) electrons. The van der Waals surface area contributed by atoms with Crippen molar-refractivity contribution in [3.63, 3.8) is 0 Å². The van der Waals surface area contributed by atoms with Gasteiger partial charge < -0.3 is 4.48 Å². The van der Waals surface area contributed by atoms with E-state index < -0.39 is 0 Å². The van der Waals surface area contributed by atoms with E-state index in [9.17, 15) is 4.79 Å². The summed E-state index contributed by atoms with van der Waals surface area (Å²) in [5, 5.41) is 0. The van der Waals surface area contributed by atoms with Gasteiger partial charge in [0.15, 0.2) is 0 Å². The zero-order chi connectivity index (χ0) is 7.72. The average Bonchev–Trinajstić information content (AvgIpc) is 1.84. The maximum atomic E-state index is 10.8. The number of hydrogen-bond acceptors (Lipinski definition) is 2. The Morgan fingerprint density at radius 2 is 2.20 bits per heavy atom. The van der Waals surface area contributed by atoms with Crippen LogP contribution in [0.1, 0.15) is 11.4 Å². The SMILES string of the molecule is [B]n1cc(C)c(=O)nc1C. The highest BCUT2D eigenvalue weighted by atomic mass is 16.1. The summed E-state index contributed by atoms with van der Waals surface area (Å²) in [6.45, 7) is 3.36. The van der Waals surface area contributed by atoms with E-state index in [1.54, 1.807) is 20.0 Å². The predicted molar refractivity (Wildman–Crippen MR) is 39.1 cm³/mol. The van der Waals surface area contributed by atoms with Crippen LogP contribution in [0.2, 0.25) is 0 Å². The van der Waals surface area contributed by atoms with Crippen molar-refractivity contribution < 1.29 is 0 Å². The minimum atomic E-state index is -0.209. The fraction of sp³-hybridized carbons (Fsp3) is 0.333. The second-order valence-electron chi connectivity index (χ2n) is 2.18. The van der Waals surface area contributed by atoms with Gasteiger partial charge in [-0.05, 0) is 20.0 Å². The van der Waals surface area contributed by atoms with Crippen LogP contribution >= 0.6 is 0 Å². The Hall–Kier alpha value is -1.06. The van der Waals surface area contributed by atoms with Crippen molar-refractivity contribution >= 4 is 7.98 Å². The lowest BCUT2D eigenvalue weighted by Gasteiger charge is -2.01. The number of aromatic nitrogens is 2. The number of nitrogens with zero attached hydrogens (tertiary/aromatic N) is 2. The molecule has 0 aliphatic carbocycles. The van der Waals surface area contributed by atoms with Crippen molar-refractivity contribution in [3.8, 4) is 0 Å². The van der Waals surface area contributed by atoms with Gasteiger partial charge in [-0.2, -0.15) is 4.98 Å². The van der Waals surface area contributed by atoms with E-state index in [1.807, 2.05) is 0 Å². The van der Waals surface area contributed by atoms with Crippen LogP contribution in [-0.2, 0) is 0 Å². The molecule has 0 bridgehead atoms. The molecule has 4 heteroatoms. The molecule has 0 fully saturated rings. The summed E-state index contributed by atoms with van der Waals surface area (Å²) in [5.41, 5.74) is 0.354. The summed E-state index contributed by atoms with van der Waals surface area (Å²) < 4.78 is 1.33. The van der Waals surface area contributed by atoms with Crippen LogP contribution in [0, 0.1) is 13.8 Å². The quantitative estimate of drug-likeness (QED) is 0.460. The van der Waals surface area contributed by atoms with Crippen LogP contribution in [0.25, 0.3) is 0 Å². The third-order valence-corrected chi connectivity index (χ3v) is 1.31. The van der Waals surface area contributed by atoms with E-state index in [-0.39, 0.29) is 5.56 Å². The van der Waals surface area contributed by atoms with Crippen LogP contribution in [0.3, 0.4) is 0 Å². The first kappa shape index (κ1) is 7.06. The maximum Gasteiger partial charge on any atom is 0.275 e. The van der Waals surface area contributed by atoms with Gasteiger partial charge in [0.25, 0.3) is 5.56 Å². The van der Waals surface area contributed by atoms with Crippen LogP contribution in [0.15, 0.2) is 11.0 Å². The summed E-state index contributed by atoms with van der Waals surface area (Å²) in [6.07, 6.45) is 1.56. The van der Waals surface area contributed by atoms with Crippen LogP contribution < -0.4 is 5.56 Å². The molecule has 0 N–H and O–H groups in total. The highest BCUT2D eigenvalue weighted by Crippen LogP contribution is 1.88. The molecule has 0 saturated carbocycles. The molecule has 1 aromatic heterocycles. The van der Waals surface area contributed by atoms with Gasteiger partial charge in [-0.15, -0.1) is 0 Å². The van der Waals surface area contributed by atoms with Gasteiger partial charge in [0.05, 0.1) is 5.82 Å². The molecule has 10 heavy (non-hydrogen) atoms. The van der Waals surface area contributed by atoms with Gasteiger partial charge in [-0.1, -0.05) is 0 Å². The minimum absolute atomic E-state index is 0.209. The fourth-order valence-corrected chi connectivity index (χ4v) is 0.650. The van der Waals surface area contributed by atoms with Crippen LogP contribution in [0.5, 0.6) is 0 Å². The maximum absolute atomic E-state index is 10.8. The van der Waals surface area contributed by atoms with E-state index >= 15 is 0 Å². The summed E-state index contributed by atoms with van der Waals surface area (Å²) in [5.74, 6) is 0.524. The third kappa shape index (κ3) is 1.10. The second-order valence-corrected chi connectivity index (χ2v) is 2.18. The van der Waals surface area contributed by atoms with E-state index in [2.05, 4.69) is 4.98 Å². The van der Waals surface area contributed by atoms with Crippen molar-refractivity contribution in [1.82, 2.24) is 9.46 Å². The molecular formula is C6H7BN2O. The van der Waals surface area contributed by atoms with Gasteiger partial charge in [0.1, 0.15) is 0 Å². The fourth-order valence-electron chi connectivity index (χ4n) is 0.650. The highest BCUT2D eigenvalue weighted by molar-refractivity contribution is 6.06. The van der Waals surface area contributed by atoms with E-state index in [4.69, 9.17) is 7.98 Å². The normalized spacial score (nSPS) is 9.80. The molecule has 0 aliphatic heterocycles. The molecule has 1 aromatic rings. The Kier molecular flexibility index (Phi) is 1.61. The number of hydrogen-bond donors (Lipinski definition) is 0. The Labute approximate surface area is 60.1 Å². The zero-order valence-electron chi connectivity index (χ0n) is 5.96.